The van der Waals surface area contributed by atoms with Crippen LogP contribution in [0.2, 0.25) is 0 Å². The Labute approximate surface area is 112 Å². The van der Waals surface area contributed by atoms with Crippen molar-refractivity contribution in [2.24, 2.45) is 0 Å². The van der Waals surface area contributed by atoms with Crippen molar-refractivity contribution in [1.29, 1.82) is 0 Å². The van der Waals surface area contributed by atoms with Gasteiger partial charge >= 0.3 is 0 Å². The third kappa shape index (κ3) is 2.76. The van der Waals surface area contributed by atoms with Crippen LogP contribution >= 0.6 is 0 Å². The van der Waals surface area contributed by atoms with Crippen molar-refractivity contribution < 1.29 is 14.2 Å². The first-order valence-electron chi connectivity index (χ1n) is 6.95. The monoisotopic (exact) mass is 260 g/mol. The van der Waals surface area contributed by atoms with Gasteiger partial charge in [-0.2, -0.15) is 0 Å². The molecular weight excluding hydrogens is 242 g/mol. The number of benzene rings is 1. The number of epoxide rings is 3. The lowest BCUT2D eigenvalue weighted by Crippen LogP contribution is -2.10. The Morgan fingerprint density at radius 3 is 2.21 bits per heavy atom. The molecule has 1 aromatic rings. The summed E-state index contributed by atoms with van der Waals surface area (Å²) in [6.07, 6.45) is 3.81. The van der Waals surface area contributed by atoms with Gasteiger partial charge in [0.05, 0.1) is 38.1 Å². The zero-order valence-corrected chi connectivity index (χ0v) is 10.9. The summed E-state index contributed by atoms with van der Waals surface area (Å²) in [5.41, 5.74) is 10.9. The number of ether oxygens (including phenoxy) is 3. The molecule has 2 N–H and O–H groups in total. The fourth-order valence-electron chi connectivity index (χ4n) is 2.54. The summed E-state index contributed by atoms with van der Waals surface area (Å²) in [7, 11) is 0. The summed E-state index contributed by atoms with van der Waals surface area (Å²) in [5.74, 6) is 0. The Morgan fingerprint density at radius 2 is 1.58 bits per heavy atom. The van der Waals surface area contributed by atoms with Gasteiger partial charge < -0.3 is 19.9 Å². The quantitative estimate of drug-likeness (QED) is 0.609. The van der Waals surface area contributed by atoms with Crippen LogP contribution in [0.15, 0.2) is 6.07 Å². The molecule has 0 aromatic heterocycles. The molecule has 19 heavy (non-hydrogen) atoms. The summed E-state index contributed by atoms with van der Waals surface area (Å²) in [6.45, 7) is 2.58. The predicted molar refractivity (Wildman–Crippen MR) is 70.0 cm³/mol. The molecule has 3 atom stereocenters. The topological polar surface area (TPSA) is 63.6 Å². The Morgan fingerprint density at radius 1 is 1.00 bits per heavy atom. The van der Waals surface area contributed by atoms with Crippen LogP contribution in [-0.4, -0.2) is 38.1 Å². The third-order valence-electron chi connectivity index (χ3n) is 3.97. The van der Waals surface area contributed by atoms with Crippen molar-refractivity contribution in [2.45, 2.75) is 37.6 Å². The Balaban J connectivity index is 1.62. The van der Waals surface area contributed by atoms with Crippen molar-refractivity contribution in [3.63, 3.8) is 0 Å². The number of hydrogen-bond donors (Lipinski definition) is 1. The molecule has 0 aliphatic carbocycles. The Bertz CT molecular complexity index is 490. The maximum Gasteiger partial charge on any atom is 0.0851 e. The lowest BCUT2D eigenvalue weighted by Gasteiger charge is -2.14. The Hall–Kier alpha value is -1.10. The van der Waals surface area contributed by atoms with E-state index >= 15 is 0 Å². The highest BCUT2D eigenvalue weighted by Crippen LogP contribution is 2.31. The van der Waals surface area contributed by atoms with Crippen LogP contribution < -0.4 is 5.73 Å². The molecule has 4 rings (SSSR count). The van der Waals surface area contributed by atoms with Crippen LogP contribution in [0.25, 0.3) is 0 Å². The van der Waals surface area contributed by atoms with Crippen molar-refractivity contribution in [2.75, 3.05) is 25.6 Å². The first-order valence-corrected chi connectivity index (χ1v) is 6.95. The molecule has 0 spiro atoms. The van der Waals surface area contributed by atoms with E-state index in [-0.39, 0.29) is 0 Å². The first kappa shape index (κ1) is 11.7. The average molecular weight is 260 g/mol. The van der Waals surface area contributed by atoms with Gasteiger partial charge in [-0.3, -0.25) is 0 Å². The largest absolute Gasteiger partial charge is 0.398 e. The normalized spacial score (nSPS) is 31.3. The molecule has 3 saturated heterocycles. The molecule has 1 aromatic carbocycles. The highest BCUT2D eigenvalue weighted by atomic mass is 16.6. The molecule has 1 radical (unpaired) electrons. The van der Waals surface area contributed by atoms with E-state index in [2.05, 4.69) is 6.07 Å². The molecule has 3 heterocycles. The fraction of sp³-hybridized carbons (Fsp3) is 0.600. The van der Waals surface area contributed by atoms with E-state index in [1.54, 1.807) is 0 Å². The molecule has 3 aliphatic rings. The van der Waals surface area contributed by atoms with Gasteiger partial charge in [-0.1, -0.05) is 0 Å². The van der Waals surface area contributed by atoms with Crippen LogP contribution in [0.4, 0.5) is 5.69 Å². The van der Waals surface area contributed by atoms with E-state index in [0.29, 0.717) is 18.3 Å². The minimum Gasteiger partial charge on any atom is -0.398 e. The van der Waals surface area contributed by atoms with Gasteiger partial charge in [-0.25, -0.2) is 0 Å². The maximum absolute atomic E-state index is 6.36. The van der Waals surface area contributed by atoms with Crippen molar-refractivity contribution in [1.82, 2.24) is 0 Å². The van der Waals surface area contributed by atoms with Crippen LogP contribution in [0.5, 0.6) is 0 Å². The second kappa shape index (κ2) is 4.47. The van der Waals surface area contributed by atoms with E-state index in [1.165, 1.54) is 16.7 Å². The van der Waals surface area contributed by atoms with Crippen LogP contribution in [0, 0.1) is 6.07 Å². The van der Waals surface area contributed by atoms with E-state index < -0.39 is 0 Å². The molecule has 0 amide bonds. The smallest absolute Gasteiger partial charge is 0.0851 e. The summed E-state index contributed by atoms with van der Waals surface area (Å²) < 4.78 is 16.0. The number of hydrogen-bond acceptors (Lipinski definition) is 4. The molecule has 0 bridgehead atoms. The standard InChI is InChI=1S/C15H18NO3/c16-15-10(4-12-7-18-12)2-1-9(3-11-6-17-11)14(15)5-13-8-19-13/h2,11-13H,3-8,16H2. The SMILES string of the molecule is Nc1c(CC2CO2)c[c]c(CC2CO2)c1CC1CO1. The van der Waals surface area contributed by atoms with Gasteiger partial charge in [0.25, 0.3) is 0 Å². The highest BCUT2D eigenvalue weighted by Gasteiger charge is 2.30. The molecule has 3 unspecified atom stereocenters. The molecule has 101 valence electrons. The molecule has 0 saturated carbocycles. The second-order valence-electron chi connectivity index (χ2n) is 5.66. The molecule has 3 fully saturated rings. The average Bonchev–Trinajstić information content (AvgIpc) is 3.25. The number of nitrogens with two attached hydrogens (primary N) is 1. The summed E-state index contributed by atoms with van der Waals surface area (Å²) in [6, 6.07) is 5.45. The number of anilines is 1. The summed E-state index contributed by atoms with van der Waals surface area (Å²) in [5, 5.41) is 0. The third-order valence-corrected chi connectivity index (χ3v) is 3.97. The van der Waals surface area contributed by atoms with Crippen LogP contribution in [0.1, 0.15) is 16.7 Å². The predicted octanol–water partition coefficient (Wildman–Crippen LogP) is 0.893. The lowest BCUT2D eigenvalue weighted by atomic mass is 9.93. The second-order valence-corrected chi connectivity index (χ2v) is 5.66. The number of rotatable bonds is 6. The molecule has 3 aliphatic heterocycles. The van der Waals surface area contributed by atoms with E-state index in [9.17, 15) is 0 Å². The van der Waals surface area contributed by atoms with Crippen LogP contribution in [-0.2, 0) is 33.5 Å². The minimum absolute atomic E-state index is 0.349. The van der Waals surface area contributed by atoms with E-state index in [1.807, 2.05) is 6.07 Å². The summed E-state index contributed by atoms with van der Waals surface area (Å²) >= 11 is 0. The lowest BCUT2D eigenvalue weighted by molar-refractivity contribution is 0.401. The van der Waals surface area contributed by atoms with Crippen LogP contribution in [0.3, 0.4) is 0 Å². The van der Waals surface area contributed by atoms with Crippen molar-refractivity contribution in [3.05, 3.63) is 28.8 Å². The van der Waals surface area contributed by atoms with Crippen molar-refractivity contribution in [3.8, 4) is 0 Å². The first-order chi connectivity index (χ1) is 9.29. The minimum atomic E-state index is 0.349. The van der Waals surface area contributed by atoms with Gasteiger partial charge in [-0.15, -0.1) is 0 Å². The van der Waals surface area contributed by atoms with E-state index in [4.69, 9.17) is 19.9 Å². The van der Waals surface area contributed by atoms with Gasteiger partial charge in [-0.05, 0) is 28.8 Å². The van der Waals surface area contributed by atoms with Crippen molar-refractivity contribution >= 4 is 5.69 Å². The molecular formula is C15H18NO3. The zero-order chi connectivity index (χ0) is 12.8. The summed E-state index contributed by atoms with van der Waals surface area (Å²) in [4.78, 5) is 0. The van der Waals surface area contributed by atoms with Gasteiger partial charge in [0.1, 0.15) is 0 Å². The maximum atomic E-state index is 6.36. The highest BCUT2D eigenvalue weighted by molar-refractivity contribution is 5.58. The van der Waals surface area contributed by atoms with Gasteiger partial charge in [0.15, 0.2) is 0 Å². The number of nitrogen functional groups attached to an aromatic ring is 1. The zero-order valence-electron chi connectivity index (χ0n) is 10.9. The van der Waals surface area contributed by atoms with Gasteiger partial charge in [0, 0.05) is 24.9 Å². The fourth-order valence-corrected chi connectivity index (χ4v) is 2.54. The van der Waals surface area contributed by atoms with Gasteiger partial charge in [0.2, 0.25) is 0 Å². The molecule has 4 heteroatoms. The van der Waals surface area contributed by atoms with E-state index in [0.717, 1.165) is 44.8 Å². The molecule has 4 nitrogen and oxygen atoms in total. The Kier molecular flexibility index (Phi) is 2.76.